The minimum Gasteiger partial charge on any atom is -0.269 e. The molecule has 1 unspecified atom stereocenters. The lowest BCUT2D eigenvalue weighted by molar-refractivity contribution is 0.155. The number of hydroxylamine groups is 1. The Labute approximate surface area is 102 Å². The lowest BCUT2D eigenvalue weighted by Gasteiger charge is -2.25. The molecular formula is C12H17NO3S. The molecule has 1 saturated heterocycles. The Balaban J connectivity index is 2.38. The van der Waals surface area contributed by atoms with E-state index in [1.165, 1.54) is 6.26 Å². The molecule has 0 spiro atoms. The van der Waals surface area contributed by atoms with Gasteiger partial charge in [0.1, 0.15) is 0 Å². The van der Waals surface area contributed by atoms with E-state index in [0.717, 1.165) is 5.56 Å². The van der Waals surface area contributed by atoms with Gasteiger partial charge in [0.2, 0.25) is 0 Å². The van der Waals surface area contributed by atoms with Crippen LogP contribution < -0.4 is 5.48 Å². The van der Waals surface area contributed by atoms with Gasteiger partial charge in [-0.2, -0.15) is 5.48 Å². The van der Waals surface area contributed by atoms with Crippen molar-refractivity contribution in [3.63, 3.8) is 0 Å². The number of rotatable bonds is 2. The first-order valence-corrected chi connectivity index (χ1v) is 7.32. The molecule has 0 aromatic heterocycles. The average Bonchev–Trinajstić information content (AvgIpc) is 2.96. The van der Waals surface area contributed by atoms with Gasteiger partial charge in [0.15, 0.2) is 15.6 Å². The van der Waals surface area contributed by atoms with Crippen molar-refractivity contribution in [3.05, 3.63) is 29.8 Å². The van der Waals surface area contributed by atoms with Gasteiger partial charge in [-0.25, -0.2) is 8.42 Å². The summed E-state index contributed by atoms with van der Waals surface area (Å²) in [6.07, 6.45) is 1.20. The van der Waals surface area contributed by atoms with E-state index in [-0.39, 0.29) is 5.41 Å². The molecule has 94 valence electrons. The van der Waals surface area contributed by atoms with Crippen LogP contribution in [0.4, 0.5) is 0 Å². The fourth-order valence-corrected chi connectivity index (χ4v) is 2.48. The van der Waals surface area contributed by atoms with Crippen LogP contribution in [0.1, 0.15) is 26.3 Å². The van der Waals surface area contributed by atoms with Gasteiger partial charge in [-0.3, -0.25) is 4.84 Å². The topological polar surface area (TPSA) is 68.6 Å². The van der Waals surface area contributed by atoms with Gasteiger partial charge in [-0.05, 0) is 12.1 Å². The zero-order chi connectivity index (χ0) is 12.9. The van der Waals surface area contributed by atoms with E-state index >= 15 is 0 Å². The SMILES string of the molecule is CC(C)(C)C1(c2ccc(S(C)(=O)=O)cc2)NO1. The summed E-state index contributed by atoms with van der Waals surface area (Å²) in [5.74, 6) is 0. The second-order valence-corrected chi connectivity index (χ2v) is 7.45. The molecule has 1 heterocycles. The standard InChI is InChI=1S/C12H17NO3S/c1-11(2,3)12(13-16-12)9-5-7-10(8-6-9)17(4,14)15/h5-8,13H,1-4H3. The van der Waals surface area contributed by atoms with E-state index in [4.69, 9.17) is 4.84 Å². The Morgan fingerprint density at radius 2 is 1.65 bits per heavy atom. The van der Waals surface area contributed by atoms with Crippen molar-refractivity contribution in [2.24, 2.45) is 5.41 Å². The summed E-state index contributed by atoms with van der Waals surface area (Å²) in [6.45, 7) is 6.20. The lowest BCUT2D eigenvalue weighted by Crippen LogP contribution is -2.30. The molecular weight excluding hydrogens is 238 g/mol. The highest BCUT2D eigenvalue weighted by Gasteiger charge is 2.56. The summed E-state index contributed by atoms with van der Waals surface area (Å²) in [6, 6.07) is 6.81. The van der Waals surface area contributed by atoms with Gasteiger partial charge in [-0.1, -0.05) is 32.9 Å². The zero-order valence-electron chi connectivity index (χ0n) is 10.4. The first-order chi connectivity index (χ1) is 7.67. The molecule has 0 radical (unpaired) electrons. The van der Waals surface area contributed by atoms with Crippen LogP contribution in [0.5, 0.6) is 0 Å². The van der Waals surface area contributed by atoms with Crippen LogP contribution in [0.3, 0.4) is 0 Å². The molecule has 0 amide bonds. The number of sulfone groups is 1. The van der Waals surface area contributed by atoms with Crippen molar-refractivity contribution >= 4 is 9.84 Å². The first-order valence-electron chi connectivity index (χ1n) is 5.43. The van der Waals surface area contributed by atoms with E-state index in [1.807, 2.05) is 0 Å². The quantitative estimate of drug-likeness (QED) is 0.818. The summed E-state index contributed by atoms with van der Waals surface area (Å²) in [7, 11) is -3.14. The fraction of sp³-hybridized carbons (Fsp3) is 0.500. The highest BCUT2D eigenvalue weighted by atomic mass is 32.2. The third-order valence-corrected chi connectivity index (χ3v) is 4.18. The number of hydrogen-bond acceptors (Lipinski definition) is 4. The highest BCUT2D eigenvalue weighted by molar-refractivity contribution is 7.90. The van der Waals surface area contributed by atoms with Gasteiger partial charge in [0.05, 0.1) is 4.90 Å². The number of nitrogens with one attached hydrogen (secondary N) is 1. The summed E-state index contributed by atoms with van der Waals surface area (Å²) in [5, 5.41) is 0. The second-order valence-electron chi connectivity index (χ2n) is 5.43. The molecule has 1 atom stereocenters. The molecule has 1 aliphatic rings. The van der Waals surface area contributed by atoms with Crippen molar-refractivity contribution in [2.45, 2.75) is 31.4 Å². The maximum absolute atomic E-state index is 11.4. The van der Waals surface area contributed by atoms with Crippen molar-refractivity contribution in [1.82, 2.24) is 5.48 Å². The Kier molecular flexibility index (Phi) is 2.61. The third-order valence-electron chi connectivity index (χ3n) is 3.05. The Bertz CT molecular complexity index is 522. The first kappa shape index (κ1) is 12.5. The van der Waals surface area contributed by atoms with E-state index in [2.05, 4.69) is 26.3 Å². The number of benzene rings is 1. The second kappa shape index (κ2) is 3.54. The van der Waals surface area contributed by atoms with Crippen LogP contribution in [-0.4, -0.2) is 14.7 Å². The minimum atomic E-state index is -3.14. The van der Waals surface area contributed by atoms with Crippen molar-refractivity contribution in [3.8, 4) is 0 Å². The molecule has 0 aliphatic carbocycles. The van der Waals surface area contributed by atoms with Gasteiger partial charge in [0.25, 0.3) is 0 Å². The summed E-state index contributed by atoms with van der Waals surface area (Å²) in [5.41, 5.74) is 3.26. The zero-order valence-corrected chi connectivity index (χ0v) is 11.3. The van der Waals surface area contributed by atoms with E-state index in [1.54, 1.807) is 24.3 Å². The van der Waals surface area contributed by atoms with Crippen molar-refractivity contribution in [1.29, 1.82) is 0 Å². The van der Waals surface area contributed by atoms with E-state index < -0.39 is 15.6 Å². The Morgan fingerprint density at radius 3 is 1.94 bits per heavy atom. The molecule has 1 aromatic rings. The Hall–Kier alpha value is -0.910. The molecule has 1 aromatic carbocycles. The monoisotopic (exact) mass is 255 g/mol. The highest BCUT2D eigenvalue weighted by Crippen LogP contribution is 2.47. The maximum Gasteiger partial charge on any atom is 0.191 e. The van der Waals surface area contributed by atoms with Crippen LogP contribution >= 0.6 is 0 Å². The summed E-state index contributed by atoms with van der Waals surface area (Å²) >= 11 is 0. The molecule has 1 fully saturated rings. The van der Waals surface area contributed by atoms with Crippen LogP contribution in [0, 0.1) is 5.41 Å². The predicted molar refractivity (Wildman–Crippen MR) is 64.9 cm³/mol. The lowest BCUT2D eigenvalue weighted by atomic mass is 9.81. The normalized spacial score (nSPS) is 24.7. The minimum absolute atomic E-state index is 0.0976. The van der Waals surface area contributed by atoms with Crippen LogP contribution in [-0.2, 0) is 20.4 Å². The van der Waals surface area contributed by atoms with Gasteiger partial charge in [-0.15, -0.1) is 0 Å². The molecule has 4 nitrogen and oxygen atoms in total. The van der Waals surface area contributed by atoms with Gasteiger partial charge in [0, 0.05) is 17.2 Å². The Morgan fingerprint density at radius 1 is 1.18 bits per heavy atom. The summed E-state index contributed by atoms with van der Waals surface area (Å²) in [4.78, 5) is 5.70. The third kappa shape index (κ3) is 2.10. The molecule has 0 bridgehead atoms. The maximum atomic E-state index is 11.4. The van der Waals surface area contributed by atoms with E-state index in [9.17, 15) is 8.42 Å². The van der Waals surface area contributed by atoms with Gasteiger partial charge < -0.3 is 0 Å². The molecule has 2 rings (SSSR count). The van der Waals surface area contributed by atoms with E-state index in [0.29, 0.717) is 4.90 Å². The molecule has 1 aliphatic heterocycles. The van der Waals surface area contributed by atoms with Crippen LogP contribution in [0.25, 0.3) is 0 Å². The predicted octanol–water partition coefficient (Wildman–Crippen LogP) is 1.82. The molecule has 17 heavy (non-hydrogen) atoms. The number of hydrogen-bond donors (Lipinski definition) is 1. The largest absolute Gasteiger partial charge is 0.269 e. The van der Waals surface area contributed by atoms with Crippen molar-refractivity contribution in [2.75, 3.05) is 6.26 Å². The molecule has 1 N–H and O–H groups in total. The van der Waals surface area contributed by atoms with Crippen molar-refractivity contribution < 1.29 is 13.3 Å². The smallest absolute Gasteiger partial charge is 0.191 e. The van der Waals surface area contributed by atoms with Crippen LogP contribution in [0.15, 0.2) is 29.2 Å². The fourth-order valence-electron chi connectivity index (χ4n) is 1.84. The van der Waals surface area contributed by atoms with Crippen LogP contribution in [0.2, 0.25) is 0 Å². The molecule has 5 heteroatoms. The molecule has 0 saturated carbocycles. The van der Waals surface area contributed by atoms with Gasteiger partial charge >= 0.3 is 0 Å². The summed E-state index contributed by atoms with van der Waals surface area (Å²) < 4.78 is 22.7. The average molecular weight is 255 g/mol.